The van der Waals surface area contributed by atoms with E-state index in [1.807, 2.05) is 30.3 Å². The number of hydrogen-bond acceptors (Lipinski definition) is 7. The van der Waals surface area contributed by atoms with Crippen molar-refractivity contribution in [2.75, 3.05) is 26.4 Å². The summed E-state index contributed by atoms with van der Waals surface area (Å²) in [7, 11) is 0. The van der Waals surface area contributed by atoms with Crippen LogP contribution in [0, 0.1) is 0 Å². The number of nitrogens with zero attached hydrogens (tertiary/aromatic N) is 1. The molecule has 2 aromatic rings. The van der Waals surface area contributed by atoms with Gasteiger partial charge in [0.25, 0.3) is 0 Å². The van der Waals surface area contributed by atoms with Crippen molar-refractivity contribution in [2.45, 2.75) is 77.4 Å². The zero-order chi connectivity index (χ0) is 32.1. The van der Waals surface area contributed by atoms with Crippen LogP contribution in [0.15, 0.2) is 48.5 Å². The molecule has 236 valence electrons. The van der Waals surface area contributed by atoms with Crippen LogP contribution in [-0.4, -0.2) is 65.9 Å². The number of unbranched alkanes of at least 4 members (excludes halogenated alkanes) is 1. The summed E-state index contributed by atoms with van der Waals surface area (Å²) in [6.45, 7) is 9.33. The quantitative estimate of drug-likeness (QED) is 0.246. The minimum absolute atomic E-state index is 0.0235. The van der Waals surface area contributed by atoms with Crippen molar-refractivity contribution in [3.8, 4) is 11.5 Å². The van der Waals surface area contributed by atoms with E-state index in [1.54, 1.807) is 34.6 Å². The lowest BCUT2D eigenvalue weighted by Crippen LogP contribution is -2.62. The predicted molar refractivity (Wildman–Crippen MR) is 152 cm³/mol. The van der Waals surface area contributed by atoms with Gasteiger partial charge in [-0.05, 0) is 84.7 Å². The molecule has 0 radical (unpaired) electrons. The lowest BCUT2D eigenvalue weighted by molar-refractivity contribution is -0.139. The summed E-state index contributed by atoms with van der Waals surface area (Å²) in [5, 5.41) is 2.45. The van der Waals surface area contributed by atoms with Crippen LogP contribution in [0.5, 0.6) is 11.5 Å². The Labute approximate surface area is 249 Å². The fourth-order valence-corrected chi connectivity index (χ4v) is 4.53. The summed E-state index contributed by atoms with van der Waals surface area (Å²) in [6.07, 6.45) is -4.54. The molecule has 1 saturated heterocycles. The van der Waals surface area contributed by atoms with Gasteiger partial charge in [0.2, 0.25) is 5.91 Å². The Morgan fingerprint density at radius 2 is 1.58 bits per heavy atom. The monoisotopic (exact) mass is 608 g/mol. The van der Waals surface area contributed by atoms with Gasteiger partial charge < -0.3 is 24.3 Å². The Morgan fingerprint density at radius 1 is 0.953 bits per heavy atom. The van der Waals surface area contributed by atoms with E-state index < -0.39 is 58.7 Å². The van der Waals surface area contributed by atoms with Gasteiger partial charge in [-0.15, -0.1) is 0 Å². The summed E-state index contributed by atoms with van der Waals surface area (Å²) >= 11 is 0. The van der Waals surface area contributed by atoms with E-state index in [0.717, 1.165) is 11.0 Å². The van der Waals surface area contributed by atoms with E-state index >= 15 is 0 Å². The fourth-order valence-electron chi connectivity index (χ4n) is 4.53. The molecule has 9 nitrogen and oxygen atoms in total. The van der Waals surface area contributed by atoms with Crippen molar-refractivity contribution >= 4 is 17.8 Å². The minimum Gasteiger partial charge on any atom is -0.494 e. The first kappa shape index (κ1) is 33.7. The molecule has 0 unspecified atom stereocenters. The number of ketones is 1. The molecule has 2 amide bonds. The summed E-state index contributed by atoms with van der Waals surface area (Å²) in [5.41, 5.74) is -4.92. The lowest BCUT2D eigenvalue weighted by Gasteiger charge is -2.39. The van der Waals surface area contributed by atoms with Gasteiger partial charge in [-0.3, -0.25) is 14.5 Å². The van der Waals surface area contributed by atoms with Crippen LogP contribution in [-0.2, 0) is 20.4 Å². The standard InChI is InChI=1S/C31H39F3N2O7/c1-28(2,3)43-27(39)36-29(4,5)42-20-30(36,6)26(38)35-19-24(37)21-14-15-25(23(18-21)31(32,33)34)41-17-11-10-16-40-22-12-8-7-9-13-22/h7-9,12-15,18H,10-11,16-17,19-20H2,1-6H3,(H,35,38)/t30-/m1/s1. The number of Topliss-reactive ketones (excluding diaryl/α,β-unsaturated/α-hetero) is 1. The zero-order valence-electron chi connectivity index (χ0n) is 25.3. The molecular formula is C31H39F3N2O7. The van der Waals surface area contributed by atoms with Crippen LogP contribution in [0.1, 0.15) is 70.3 Å². The van der Waals surface area contributed by atoms with Crippen LogP contribution >= 0.6 is 0 Å². The van der Waals surface area contributed by atoms with Crippen LogP contribution in [0.25, 0.3) is 0 Å². The first-order valence-electron chi connectivity index (χ1n) is 13.9. The molecule has 1 heterocycles. The maximum Gasteiger partial charge on any atom is 0.419 e. The van der Waals surface area contributed by atoms with Gasteiger partial charge in [0.15, 0.2) is 5.78 Å². The number of nitrogens with one attached hydrogen (secondary N) is 1. The van der Waals surface area contributed by atoms with Gasteiger partial charge in [0, 0.05) is 5.56 Å². The van der Waals surface area contributed by atoms with Gasteiger partial charge in [-0.1, -0.05) is 18.2 Å². The second-order valence-electron chi connectivity index (χ2n) is 11.9. The molecule has 1 N–H and O–H groups in total. The number of ether oxygens (including phenoxy) is 4. The van der Waals surface area contributed by atoms with Crippen LogP contribution < -0.4 is 14.8 Å². The second kappa shape index (κ2) is 13.2. The van der Waals surface area contributed by atoms with Crippen LogP contribution in [0.3, 0.4) is 0 Å². The van der Waals surface area contributed by atoms with Crippen molar-refractivity contribution < 1.29 is 46.5 Å². The third kappa shape index (κ3) is 8.85. The van der Waals surface area contributed by atoms with Gasteiger partial charge in [0.05, 0.1) is 31.9 Å². The topological polar surface area (TPSA) is 103 Å². The molecule has 43 heavy (non-hydrogen) atoms. The van der Waals surface area contributed by atoms with Gasteiger partial charge in [-0.25, -0.2) is 4.79 Å². The average molecular weight is 609 g/mol. The van der Waals surface area contributed by atoms with Gasteiger partial charge in [0.1, 0.15) is 28.4 Å². The number of hydrogen-bond donors (Lipinski definition) is 1. The molecule has 0 spiro atoms. The Hall–Kier alpha value is -3.80. The Bertz CT molecular complexity index is 1290. The lowest BCUT2D eigenvalue weighted by atomic mass is 9.99. The summed E-state index contributed by atoms with van der Waals surface area (Å²) < 4.78 is 63.6. The molecular weight excluding hydrogens is 569 g/mol. The van der Waals surface area contributed by atoms with Crippen LogP contribution in [0.2, 0.25) is 0 Å². The first-order valence-corrected chi connectivity index (χ1v) is 13.9. The highest BCUT2D eigenvalue weighted by atomic mass is 19.4. The summed E-state index contributed by atoms with van der Waals surface area (Å²) in [4.78, 5) is 40.2. The number of para-hydroxylation sites is 1. The SMILES string of the molecule is CC(C)(C)OC(=O)N1C(C)(C)OC[C@]1(C)C(=O)NCC(=O)c1ccc(OCCCCOc2ccccc2)c(C(F)(F)F)c1. The molecule has 12 heteroatoms. The van der Waals surface area contributed by atoms with E-state index in [9.17, 15) is 27.6 Å². The second-order valence-corrected chi connectivity index (χ2v) is 11.9. The van der Waals surface area contributed by atoms with Crippen molar-refractivity contribution in [3.05, 3.63) is 59.7 Å². The van der Waals surface area contributed by atoms with Crippen molar-refractivity contribution in [1.82, 2.24) is 10.2 Å². The molecule has 3 rings (SSSR count). The van der Waals surface area contributed by atoms with Crippen LogP contribution in [0.4, 0.5) is 18.0 Å². The molecule has 0 aromatic heterocycles. The third-order valence-electron chi connectivity index (χ3n) is 6.63. The molecule has 1 aliphatic heterocycles. The molecule has 1 fully saturated rings. The highest BCUT2D eigenvalue weighted by Gasteiger charge is 2.57. The Morgan fingerprint density at radius 3 is 2.19 bits per heavy atom. The molecule has 0 aliphatic carbocycles. The molecule has 2 aromatic carbocycles. The summed E-state index contributed by atoms with van der Waals surface area (Å²) in [6, 6.07) is 12.2. The number of carbonyl (C=O) groups is 3. The van der Waals surface area contributed by atoms with E-state index in [-0.39, 0.29) is 18.8 Å². The smallest absolute Gasteiger partial charge is 0.419 e. The number of alkyl halides is 3. The van der Waals surface area contributed by atoms with E-state index in [4.69, 9.17) is 18.9 Å². The Kier molecular flexibility index (Phi) is 10.4. The summed E-state index contributed by atoms with van der Waals surface area (Å²) in [5.74, 6) is -1.17. The Balaban J connectivity index is 1.61. The zero-order valence-corrected chi connectivity index (χ0v) is 25.3. The number of rotatable bonds is 11. The van der Waals surface area contributed by atoms with Crippen molar-refractivity contribution in [2.24, 2.45) is 0 Å². The maximum absolute atomic E-state index is 13.8. The van der Waals surface area contributed by atoms with Gasteiger partial charge in [-0.2, -0.15) is 13.2 Å². The van der Waals surface area contributed by atoms with Crippen molar-refractivity contribution in [1.29, 1.82) is 0 Å². The third-order valence-corrected chi connectivity index (χ3v) is 6.63. The predicted octanol–water partition coefficient (Wildman–Crippen LogP) is 6.00. The highest BCUT2D eigenvalue weighted by molar-refractivity contribution is 6.01. The van der Waals surface area contributed by atoms with E-state index in [1.165, 1.54) is 13.0 Å². The minimum atomic E-state index is -4.78. The molecule has 0 saturated carbocycles. The largest absolute Gasteiger partial charge is 0.494 e. The number of carbonyl (C=O) groups excluding carboxylic acids is 3. The number of amides is 2. The first-order chi connectivity index (χ1) is 19.9. The molecule has 1 atom stereocenters. The fraction of sp³-hybridized carbons (Fsp3) is 0.516. The molecule has 0 bridgehead atoms. The van der Waals surface area contributed by atoms with E-state index in [2.05, 4.69) is 5.32 Å². The molecule has 1 aliphatic rings. The number of halogens is 3. The van der Waals surface area contributed by atoms with E-state index in [0.29, 0.717) is 31.3 Å². The van der Waals surface area contributed by atoms with Crippen molar-refractivity contribution in [3.63, 3.8) is 0 Å². The number of benzene rings is 2. The van der Waals surface area contributed by atoms with Gasteiger partial charge >= 0.3 is 12.3 Å². The average Bonchev–Trinajstić information content (AvgIpc) is 3.17. The normalized spacial score (nSPS) is 18.2. The highest BCUT2D eigenvalue weighted by Crippen LogP contribution is 2.38. The maximum atomic E-state index is 13.8.